The van der Waals surface area contributed by atoms with Crippen LogP contribution in [-0.4, -0.2) is 25.5 Å². The second-order valence-corrected chi connectivity index (χ2v) is 7.00. The second kappa shape index (κ2) is 6.07. The Morgan fingerprint density at radius 1 is 1.20 bits per heavy atom. The van der Waals surface area contributed by atoms with Gasteiger partial charge in [0, 0.05) is 6.07 Å². The summed E-state index contributed by atoms with van der Waals surface area (Å²) in [7, 11) is -3.71. The number of hydrogen-bond acceptors (Lipinski definition) is 5. The van der Waals surface area contributed by atoms with Crippen LogP contribution in [0.4, 0.5) is 0 Å². The highest BCUT2D eigenvalue weighted by Gasteiger charge is 2.27. The molecule has 1 heterocycles. The van der Waals surface area contributed by atoms with Crippen molar-refractivity contribution in [2.75, 3.05) is 6.61 Å². The van der Waals surface area contributed by atoms with Crippen molar-refractivity contribution in [1.82, 2.24) is 4.98 Å². The molecular weight excluding hydrogens is 278 g/mol. The Bertz CT molecular complexity index is 534. The van der Waals surface area contributed by atoms with Gasteiger partial charge in [0.15, 0.2) is 0 Å². The Morgan fingerprint density at radius 2 is 1.85 bits per heavy atom. The first kappa shape index (κ1) is 15.2. The zero-order valence-electron chi connectivity index (χ0n) is 11.4. The van der Waals surface area contributed by atoms with Crippen LogP contribution in [0.5, 0.6) is 5.88 Å². The van der Waals surface area contributed by atoms with Crippen LogP contribution >= 0.6 is 0 Å². The van der Waals surface area contributed by atoms with Crippen LogP contribution < -0.4 is 15.6 Å². The topological polar surface area (TPSA) is 108 Å². The maximum Gasteiger partial charge on any atom is 0.239 e. The van der Waals surface area contributed by atoms with Gasteiger partial charge >= 0.3 is 0 Å². The van der Waals surface area contributed by atoms with Crippen molar-refractivity contribution in [3.63, 3.8) is 0 Å². The molecule has 1 aliphatic rings. The number of nitrogens with zero attached hydrogens (tertiary/aromatic N) is 1. The summed E-state index contributed by atoms with van der Waals surface area (Å²) < 4.78 is 27.8. The fraction of sp³-hybridized carbons (Fsp3) is 0.615. The Hall–Kier alpha value is -1.18. The second-order valence-electron chi connectivity index (χ2n) is 5.44. The normalized spacial score (nSPS) is 19.3. The van der Waals surface area contributed by atoms with Crippen LogP contribution in [0.15, 0.2) is 23.2 Å². The van der Waals surface area contributed by atoms with Gasteiger partial charge in [0.25, 0.3) is 0 Å². The first-order valence-electron chi connectivity index (χ1n) is 6.80. The molecule has 0 aliphatic heterocycles. The van der Waals surface area contributed by atoms with Gasteiger partial charge in [-0.3, -0.25) is 0 Å². The minimum absolute atomic E-state index is 0.0261. The number of sulfonamides is 1. The van der Waals surface area contributed by atoms with Gasteiger partial charge in [-0.25, -0.2) is 18.5 Å². The van der Waals surface area contributed by atoms with Crippen molar-refractivity contribution in [2.24, 2.45) is 10.9 Å². The van der Waals surface area contributed by atoms with Gasteiger partial charge in [0.05, 0.1) is 11.7 Å². The molecule has 0 saturated heterocycles. The van der Waals surface area contributed by atoms with E-state index in [9.17, 15) is 8.42 Å². The molecule has 0 spiro atoms. The summed E-state index contributed by atoms with van der Waals surface area (Å²) in [5.41, 5.74) is 6.03. The number of rotatable bonds is 4. The predicted molar refractivity (Wildman–Crippen MR) is 75.7 cm³/mol. The third-order valence-electron chi connectivity index (χ3n) is 3.64. The zero-order valence-corrected chi connectivity index (χ0v) is 12.2. The van der Waals surface area contributed by atoms with Crippen LogP contribution in [0.3, 0.4) is 0 Å². The van der Waals surface area contributed by atoms with Crippen LogP contribution in [0.25, 0.3) is 0 Å². The number of ether oxygens (including phenoxy) is 1. The summed E-state index contributed by atoms with van der Waals surface area (Å²) in [4.78, 5) is 3.92. The average molecular weight is 299 g/mol. The summed E-state index contributed by atoms with van der Waals surface area (Å²) >= 11 is 0. The molecule has 1 aromatic heterocycles. The van der Waals surface area contributed by atoms with Gasteiger partial charge < -0.3 is 10.5 Å². The minimum Gasteiger partial charge on any atom is -0.476 e. The Kier molecular flexibility index (Phi) is 4.62. The Labute approximate surface area is 119 Å². The molecule has 0 unspecified atom stereocenters. The van der Waals surface area contributed by atoms with Crippen molar-refractivity contribution in [3.8, 4) is 5.88 Å². The molecule has 4 N–H and O–H groups in total. The predicted octanol–water partition coefficient (Wildman–Crippen LogP) is 1.16. The molecule has 1 aliphatic carbocycles. The first-order valence-corrected chi connectivity index (χ1v) is 8.34. The largest absolute Gasteiger partial charge is 0.476 e. The molecule has 6 nitrogen and oxygen atoms in total. The molecular formula is C13H21N3O3S. The molecule has 1 fully saturated rings. The van der Waals surface area contributed by atoms with Crippen molar-refractivity contribution in [3.05, 3.63) is 18.3 Å². The highest BCUT2D eigenvalue weighted by molar-refractivity contribution is 7.89. The van der Waals surface area contributed by atoms with Crippen molar-refractivity contribution >= 4 is 10.0 Å². The molecule has 1 saturated carbocycles. The first-order chi connectivity index (χ1) is 9.39. The molecule has 20 heavy (non-hydrogen) atoms. The quantitative estimate of drug-likeness (QED) is 0.811. The van der Waals surface area contributed by atoms with Gasteiger partial charge in [0.2, 0.25) is 15.9 Å². The summed E-state index contributed by atoms with van der Waals surface area (Å²) in [6, 6.07) is 2.88. The lowest BCUT2D eigenvalue weighted by atomic mass is 9.93. The molecule has 112 valence electrons. The maximum atomic E-state index is 11.1. The van der Waals surface area contributed by atoms with Gasteiger partial charge in [0.1, 0.15) is 11.5 Å². The highest BCUT2D eigenvalue weighted by Crippen LogP contribution is 2.25. The van der Waals surface area contributed by atoms with E-state index in [0.717, 1.165) is 25.7 Å². The van der Waals surface area contributed by atoms with Gasteiger partial charge in [-0.2, -0.15) is 0 Å². The number of nitrogens with two attached hydrogens (primary N) is 2. The molecule has 0 atom stereocenters. The van der Waals surface area contributed by atoms with E-state index in [1.165, 1.54) is 31.2 Å². The number of pyridine rings is 1. The van der Waals surface area contributed by atoms with Crippen molar-refractivity contribution in [1.29, 1.82) is 0 Å². The molecule has 0 radical (unpaired) electrons. The third-order valence-corrected chi connectivity index (χ3v) is 4.54. The number of hydrogen-bond donors (Lipinski definition) is 2. The third kappa shape index (κ3) is 4.16. The highest BCUT2D eigenvalue weighted by atomic mass is 32.2. The SMILES string of the molecule is NC1(COc2ccc(S(N)(=O)=O)cn2)CCCCCC1. The minimum atomic E-state index is -3.71. The van der Waals surface area contributed by atoms with Gasteiger partial charge in [-0.05, 0) is 18.9 Å². The smallest absolute Gasteiger partial charge is 0.239 e. The van der Waals surface area contributed by atoms with Crippen molar-refractivity contribution in [2.45, 2.75) is 49.0 Å². The van der Waals surface area contributed by atoms with E-state index in [-0.39, 0.29) is 10.4 Å². The molecule has 0 bridgehead atoms. The van der Waals surface area contributed by atoms with E-state index in [1.807, 2.05) is 0 Å². The summed E-state index contributed by atoms with van der Waals surface area (Å²) in [6.07, 6.45) is 7.78. The standard InChI is InChI=1S/C13H21N3O3S/c14-13(7-3-1-2-4-8-13)10-19-12-6-5-11(9-16-12)20(15,17)18/h5-6,9H,1-4,7-8,10,14H2,(H2,15,17,18). The van der Waals surface area contributed by atoms with Crippen LogP contribution in [0.1, 0.15) is 38.5 Å². The van der Waals surface area contributed by atoms with E-state index in [0.29, 0.717) is 12.5 Å². The summed E-state index contributed by atoms with van der Waals surface area (Å²) in [5.74, 6) is 0.367. The lowest BCUT2D eigenvalue weighted by molar-refractivity contribution is 0.193. The average Bonchev–Trinajstić information content (AvgIpc) is 2.61. The molecule has 0 amide bonds. The lowest BCUT2D eigenvalue weighted by Gasteiger charge is -2.27. The number of primary sulfonamides is 1. The summed E-state index contributed by atoms with van der Waals surface area (Å²) in [6.45, 7) is 0.398. The van der Waals surface area contributed by atoms with E-state index in [4.69, 9.17) is 15.6 Å². The van der Waals surface area contributed by atoms with E-state index in [2.05, 4.69) is 4.98 Å². The Balaban J connectivity index is 1.96. The van der Waals surface area contributed by atoms with Gasteiger partial charge in [-0.1, -0.05) is 25.7 Å². The van der Waals surface area contributed by atoms with Crippen LogP contribution in [0.2, 0.25) is 0 Å². The molecule has 7 heteroatoms. The van der Waals surface area contributed by atoms with E-state index < -0.39 is 10.0 Å². The maximum absolute atomic E-state index is 11.1. The van der Waals surface area contributed by atoms with Gasteiger partial charge in [-0.15, -0.1) is 0 Å². The Morgan fingerprint density at radius 3 is 2.35 bits per heavy atom. The van der Waals surface area contributed by atoms with Crippen LogP contribution in [-0.2, 0) is 10.0 Å². The van der Waals surface area contributed by atoms with Crippen molar-refractivity contribution < 1.29 is 13.2 Å². The monoisotopic (exact) mass is 299 g/mol. The lowest BCUT2D eigenvalue weighted by Crippen LogP contribution is -2.45. The fourth-order valence-corrected chi connectivity index (χ4v) is 2.87. The molecule has 1 aromatic rings. The number of aromatic nitrogens is 1. The zero-order chi connectivity index (χ0) is 14.6. The van der Waals surface area contributed by atoms with Crippen LogP contribution in [0, 0.1) is 0 Å². The molecule has 0 aromatic carbocycles. The summed E-state index contributed by atoms with van der Waals surface area (Å²) in [5, 5.41) is 5.01. The van der Waals surface area contributed by atoms with E-state index >= 15 is 0 Å². The van der Waals surface area contributed by atoms with E-state index in [1.54, 1.807) is 0 Å². The molecule has 2 rings (SSSR count). The fourth-order valence-electron chi connectivity index (χ4n) is 2.42.